The molecule has 1 saturated heterocycles. The summed E-state index contributed by atoms with van der Waals surface area (Å²) in [5, 5.41) is 3.37. The van der Waals surface area contributed by atoms with Crippen LogP contribution in [-0.2, 0) is 0 Å². The summed E-state index contributed by atoms with van der Waals surface area (Å²) in [6.45, 7) is 4.39. The number of fused-ring (bicyclic) bond motifs is 1. The Morgan fingerprint density at radius 2 is 2.15 bits per heavy atom. The molecule has 0 aliphatic carbocycles. The van der Waals surface area contributed by atoms with Crippen molar-refractivity contribution in [3.63, 3.8) is 0 Å². The zero-order valence-electron chi connectivity index (χ0n) is 12.1. The van der Waals surface area contributed by atoms with E-state index < -0.39 is 0 Å². The van der Waals surface area contributed by atoms with E-state index in [9.17, 15) is 0 Å². The lowest BCUT2D eigenvalue weighted by atomic mass is 9.91. The largest absolute Gasteiger partial charge is 0.356 e. The maximum atomic E-state index is 4.65. The van der Waals surface area contributed by atoms with Gasteiger partial charge in [0.2, 0.25) is 0 Å². The van der Waals surface area contributed by atoms with E-state index in [1.807, 2.05) is 13.1 Å². The van der Waals surface area contributed by atoms with Crippen molar-refractivity contribution in [2.24, 2.45) is 5.92 Å². The fourth-order valence-electron chi connectivity index (χ4n) is 2.88. The van der Waals surface area contributed by atoms with Crippen molar-refractivity contribution < 1.29 is 0 Å². The minimum absolute atomic E-state index is 0.540. The summed E-state index contributed by atoms with van der Waals surface area (Å²) in [6.07, 6.45) is 5.90. The van der Waals surface area contributed by atoms with Gasteiger partial charge in [-0.05, 0) is 44.9 Å². The molecule has 0 spiro atoms. The Balaban J connectivity index is 1.83. The van der Waals surface area contributed by atoms with Crippen molar-refractivity contribution >= 4 is 17.0 Å². The fraction of sp³-hybridized carbons (Fsp3) is 0.533. The Hall–Kier alpha value is -1.75. The Morgan fingerprint density at radius 1 is 1.30 bits per heavy atom. The van der Waals surface area contributed by atoms with E-state index >= 15 is 0 Å². The highest BCUT2D eigenvalue weighted by molar-refractivity contribution is 5.71. The first kappa shape index (κ1) is 13.2. The lowest BCUT2D eigenvalue weighted by molar-refractivity contribution is 0.332. The molecule has 2 unspecified atom stereocenters. The van der Waals surface area contributed by atoms with Crippen LogP contribution in [0.5, 0.6) is 0 Å². The third-order valence-corrected chi connectivity index (χ3v) is 4.26. The third kappa shape index (κ3) is 2.58. The molecular weight excluding hydrogens is 250 g/mol. The second-order valence-corrected chi connectivity index (χ2v) is 5.49. The van der Waals surface area contributed by atoms with Crippen molar-refractivity contribution in [3.8, 4) is 0 Å². The SMILES string of the molecule is CNC(C)C1CCCN(c2ccc3nccnc3n2)C1. The quantitative estimate of drug-likeness (QED) is 0.923. The lowest BCUT2D eigenvalue weighted by Crippen LogP contribution is -2.43. The Labute approximate surface area is 119 Å². The summed E-state index contributed by atoms with van der Waals surface area (Å²) >= 11 is 0. The smallest absolute Gasteiger partial charge is 0.180 e. The van der Waals surface area contributed by atoms with Gasteiger partial charge < -0.3 is 10.2 Å². The number of nitrogens with one attached hydrogen (secondary N) is 1. The number of nitrogens with zero attached hydrogens (tertiary/aromatic N) is 4. The summed E-state index contributed by atoms with van der Waals surface area (Å²) in [5.74, 6) is 1.69. The molecule has 106 valence electrons. The topological polar surface area (TPSA) is 53.9 Å². The number of pyridine rings is 1. The van der Waals surface area contributed by atoms with E-state index in [-0.39, 0.29) is 0 Å². The van der Waals surface area contributed by atoms with E-state index in [4.69, 9.17) is 0 Å². The molecule has 2 aromatic heterocycles. The van der Waals surface area contributed by atoms with Crippen LogP contribution in [0.1, 0.15) is 19.8 Å². The second kappa shape index (κ2) is 5.71. The van der Waals surface area contributed by atoms with Crippen LogP contribution in [0.25, 0.3) is 11.2 Å². The zero-order chi connectivity index (χ0) is 13.9. The number of aromatic nitrogens is 3. The predicted molar refractivity (Wildman–Crippen MR) is 80.8 cm³/mol. The Morgan fingerprint density at radius 3 is 3.00 bits per heavy atom. The molecule has 2 aromatic rings. The Kier molecular flexibility index (Phi) is 3.78. The lowest BCUT2D eigenvalue weighted by Gasteiger charge is -2.36. The molecule has 0 saturated carbocycles. The second-order valence-electron chi connectivity index (χ2n) is 5.49. The Bertz CT molecular complexity index is 585. The van der Waals surface area contributed by atoms with Crippen LogP contribution in [0.3, 0.4) is 0 Å². The van der Waals surface area contributed by atoms with Crippen molar-refractivity contribution in [3.05, 3.63) is 24.5 Å². The molecular formula is C15H21N5. The standard InChI is InChI=1S/C15H21N5/c1-11(16-2)12-4-3-9-20(10-12)14-6-5-13-15(19-14)18-8-7-17-13/h5-8,11-12,16H,3-4,9-10H2,1-2H3. The van der Waals surface area contributed by atoms with E-state index in [1.165, 1.54) is 12.8 Å². The zero-order valence-corrected chi connectivity index (χ0v) is 12.1. The highest BCUT2D eigenvalue weighted by Crippen LogP contribution is 2.24. The summed E-state index contributed by atoms with van der Waals surface area (Å²) < 4.78 is 0. The molecule has 5 heteroatoms. The van der Waals surface area contributed by atoms with Gasteiger partial charge in [-0.1, -0.05) is 0 Å². The highest BCUT2D eigenvalue weighted by Gasteiger charge is 2.24. The van der Waals surface area contributed by atoms with Crippen LogP contribution in [0.2, 0.25) is 0 Å². The molecule has 5 nitrogen and oxygen atoms in total. The van der Waals surface area contributed by atoms with Crippen LogP contribution in [0, 0.1) is 5.92 Å². The van der Waals surface area contributed by atoms with E-state index in [0.717, 1.165) is 30.1 Å². The van der Waals surface area contributed by atoms with Gasteiger partial charge in [0.1, 0.15) is 11.3 Å². The minimum Gasteiger partial charge on any atom is -0.356 e. The maximum absolute atomic E-state index is 4.65. The fourth-order valence-corrected chi connectivity index (χ4v) is 2.88. The molecule has 0 amide bonds. The monoisotopic (exact) mass is 271 g/mol. The van der Waals surface area contributed by atoms with Gasteiger partial charge in [0.15, 0.2) is 5.65 Å². The molecule has 1 N–H and O–H groups in total. The summed E-state index contributed by atoms with van der Waals surface area (Å²) in [6, 6.07) is 4.61. The highest BCUT2D eigenvalue weighted by atomic mass is 15.2. The minimum atomic E-state index is 0.540. The van der Waals surface area contributed by atoms with Gasteiger partial charge in [0.25, 0.3) is 0 Å². The average Bonchev–Trinajstić information content (AvgIpc) is 2.53. The van der Waals surface area contributed by atoms with E-state index in [2.05, 4.69) is 38.2 Å². The van der Waals surface area contributed by atoms with Crippen molar-refractivity contribution in [1.82, 2.24) is 20.3 Å². The molecule has 1 fully saturated rings. The predicted octanol–water partition coefficient (Wildman–Crippen LogP) is 1.85. The maximum Gasteiger partial charge on any atom is 0.180 e. The number of anilines is 1. The molecule has 20 heavy (non-hydrogen) atoms. The van der Waals surface area contributed by atoms with Gasteiger partial charge in [-0.15, -0.1) is 0 Å². The van der Waals surface area contributed by atoms with E-state index in [0.29, 0.717) is 12.0 Å². The third-order valence-electron chi connectivity index (χ3n) is 4.26. The van der Waals surface area contributed by atoms with Gasteiger partial charge in [-0.3, -0.25) is 4.98 Å². The van der Waals surface area contributed by atoms with Gasteiger partial charge >= 0.3 is 0 Å². The number of hydrogen-bond donors (Lipinski definition) is 1. The molecule has 2 atom stereocenters. The van der Waals surface area contributed by atoms with Crippen LogP contribution in [0.15, 0.2) is 24.5 Å². The van der Waals surface area contributed by atoms with Crippen molar-refractivity contribution in [1.29, 1.82) is 0 Å². The summed E-state index contributed by atoms with van der Waals surface area (Å²) in [5.41, 5.74) is 1.59. The van der Waals surface area contributed by atoms with Crippen LogP contribution >= 0.6 is 0 Å². The molecule has 1 aliphatic heterocycles. The first-order chi connectivity index (χ1) is 9.78. The van der Waals surface area contributed by atoms with Crippen LogP contribution in [-0.4, -0.2) is 41.1 Å². The van der Waals surface area contributed by atoms with Crippen LogP contribution in [0.4, 0.5) is 5.82 Å². The van der Waals surface area contributed by atoms with Gasteiger partial charge in [-0.25, -0.2) is 9.97 Å². The number of hydrogen-bond acceptors (Lipinski definition) is 5. The van der Waals surface area contributed by atoms with Gasteiger partial charge in [0, 0.05) is 31.5 Å². The van der Waals surface area contributed by atoms with Crippen molar-refractivity contribution in [2.75, 3.05) is 25.0 Å². The number of rotatable bonds is 3. The molecule has 3 heterocycles. The molecule has 0 radical (unpaired) electrons. The molecule has 1 aliphatic rings. The first-order valence-corrected chi connectivity index (χ1v) is 7.28. The molecule has 0 bridgehead atoms. The van der Waals surface area contributed by atoms with Gasteiger partial charge in [0.05, 0.1) is 0 Å². The van der Waals surface area contributed by atoms with Crippen LogP contribution < -0.4 is 10.2 Å². The normalized spacial score (nSPS) is 21.1. The average molecular weight is 271 g/mol. The molecule has 0 aromatic carbocycles. The first-order valence-electron chi connectivity index (χ1n) is 7.28. The summed E-state index contributed by atoms with van der Waals surface area (Å²) in [7, 11) is 2.04. The van der Waals surface area contributed by atoms with Gasteiger partial charge in [-0.2, -0.15) is 0 Å². The van der Waals surface area contributed by atoms with Crippen molar-refractivity contribution in [2.45, 2.75) is 25.8 Å². The molecule has 3 rings (SSSR count). The summed E-state index contributed by atoms with van der Waals surface area (Å²) in [4.78, 5) is 15.6. The number of piperidine rings is 1. The van der Waals surface area contributed by atoms with E-state index in [1.54, 1.807) is 12.4 Å².